The van der Waals surface area contributed by atoms with Gasteiger partial charge in [-0.2, -0.15) is 21.0 Å². The fourth-order valence-electron chi connectivity index (χ4n) is 2.35. The topological polar surface area (TPSA) is 98.4 Å². The van der Waals surface area contributed by atoms with Crippen LogP contribution in [0.25, 0.3) is 0 Å². The van der Waals surface area contributed by atoms with Crippen molar-refractivity contribution in [1.82, 2.24) is 0 Å². The van der Waals surface area contributed by atoms with Gasteiger partial charge in [0.25, 0.3) is 0 Å². The van der Waals surface area contributed by atoms with E-state index in [1.54, 1.807) is 23.1 Å². The third-order valence-corrected chi connectivity index (χ3v) is 3.33. The maximum absolute atomic E-state index is 9.38. The van der Waals surface area contributed by atoms with Crippen LogP contribution >= 0.6 is 0 Å². The molecule has 1 aromatic rings. The Morgan fingerprint density at radius 2 is 1.68 bits per heavy atom. The van der Waals surface area contributed by atoms with Crippen molar-refractivity contribution in [2.45, 2.75) is 12.0 Å². The molecule has 1 heterocycles. The highest BCUT2D eigenvalue weighted by Crippen LogP contribution is 2.36. The number of hydrogen-bond acceptors (Lipinski definition) is 5. The SMILES string of the molecule is N#CC(C#N)C(C#N)(C#N)N1CCc2ccccc21. The van der Waals surface area contributed by atoms with Crippen LogP contribution in [0.3, 0.4) is 0 Å². The van der Waals surface area contributed by atoms with Gasteiger partial charge >= 0.3 is 0 Å². The van der Waals surface area contributed by atoms with Crippen molar-refractivity contribution in [2.75, 3.05) is 11.4 Å². The van der Waals surface area contributed by atoms with E-state index < -0.39 is 11.5 Å². The zero-order valence-electron chi connectivity index (χ0n) is 10.0. The number of nitriles is 4. The molecule has 5 nitrogen and oxygen atoms in total. The minimum atomic E-state index is -1.75. The number of fused-ring (bicyclic) bond motifs is 1. The van der Waals surface area contributed by atoms with Crippen LogP contribution in [-0.4, -0.2) is 12.1 Å². The van der Waals surface area contributed by atoms with Crippen molar-refractivity contribution in [3.05, 3.63) is 29.8 Å². The molecule has 90 valence electrons. The first-order chi connectivity index (χ1) is 9.23. The van der Waals surface area contributed by atoms with Crippen molar-refractivity contribution >= 4 is 5.69 Å². The minimum Gasteiger partial charge on any atom is -0.339 e. The zero-order valence-corrected chi connectivity index (χ0v) is 10.0. The lowest BCUT2D eigenvalue weighted by molar-refractivity contribution is 0.545. The van der Waals surface area contributed by atoms with Crippen LogP contribution in [-0.2, 0) is 6.42 Å². The summed E-state index contributed by atoms with van der Waals surface area (Å²) in [5.41, 5.74) is 0.0175. The Hall–Kier alpha value is -3.02. The van der Waals surface area contributed by atoms with Gasteiger partial charge in [0.05, 0.1) is 12.1 Å². The fraction of sp³-hybridized carbons (Fsp3) is 0.286. The highest BCUT2D eigenvalue weighted by atomic mass is 15.2. The molecular formula is C14H9N5. The number of benzene rings is 1. The Morgan fingerprint density at radius 1 is 1.05 bits per heavy atom. The Morgan fingerprint density at radius 3 is 2.26 bits per heavy atom. The van der Waals surface area contributed by atoms with Crippen molar-refractivity contribution < 1.29 is 0 Å². The molecule has 0 aliphatic carbocycles. The van der Waals surface area contributed by atoms with Crippen LogP contribution in [0.1, 0.15) is 5.56 Å². The molecule has 0 N–H and O–H groups in total. The van der Waals surface area contributed by atoms with E-state index in [2.05, 4.69) is 0 Å². The van der Waals surface area contributed by atoms with Crippen LogP contribution in [0, 0.1) is 51.2 Å². The number of rotatable bonds is 2. The van der Waals surface area contributed by atoms with Gasteiger partial charge in [-0.1, -0.05) is 18.2 Å². The van der Waals surface area contributed by atoms with E-state index >= 15 is 0 Å². The lowest BCUT2D eigenvalue weighted by atomic mass is 9.86. The van der Waals surface area contributed by atoms with Gasteiger partial charge in [0.15, 0.2) is 5.92 Å². The molecule has 2 rings (SSSR count). The molecule has 0 atom stereocenters. The van der Waals surface area contributed by atoms with Crippen LogP contribution < -0.4 is 4.90 Å². The molecule has 19 heavy (non-hydrogen) atoms. The normalized spacial score (nSPS) is 13.0. The number of hydrogen-bond donors (Lipinski definition) is 0. The second-order valence-electron chi connectivity index (χ2n) is 4.21. The van der Waals surface area contributed by atoms with Gasteiger partial charge in [-0.3, -0.25) is 0 Å². The molecule has 0 aromatic heterocycles. The summed E-state index contributed by atoms with van der Waals surface area (Å²) in [6.45, 7) is 0.459. The van der Waals surface area contributed by atoms with E-state index in [9.17, 15) is 10.5 Å². The Labute approximate surface area is 111 Å². The van der Waals surface area contributed by atoms with E-state index in [0.717, 1.165) is 11.3 Å². The molecule has 0 radical (unpaired) electrons. The van der Waals surface area contributed by atoms with Crippen LogP contribution in [0.4, 0.5) is 5.69 Å². The third kappa shape index (κ3) is 1.66. The van der Waals surface area contributed by atoms with Crippen LogP contribution in [0.5, 0.6) is 0 Å². The summed E-state index contributed by atoms with van der Waals surface area (Å²) in [5, 5.41) is 36.8. The van der Waals surface area contributed by atoms with Crippen LogP contribution in [0.15, 0.2) is 24.3 Å². The summed E-state index contributed by atoms with van der Waals surface area (Å²) >= 11 is 0. The van der Waals surface area contributed by atoms with Gasteiger partial charge in [0.2, 0.25) is 5.54 Å². The molecule has 0 fully saturated rings. The molecule has 1 aliphatic heterocycles. The minimum absolute atomic E-state index is 0.459. The van der Waals surface area contributed by atoms with Gasteiger partial charge in [-0.15, -0.1) is 0 Å². The lowest BCUT2D eigenvalue weighted by Gasteiger charge is -2.32. The number of anilines is 1. The molecule has 1 aromatic carbocycles. The second kappa shape index (κ2) is 4.69. The van der Waals surface area contributed by atoms with Crippen molar-refractivity contribution in [3.63, 3.8) is 0 Å². The average Bonchev–Trinajstić information content (AvgIpc) is 2.89. The number of para-hydroxylation sites is 1. The van der Waals surface area contributed by atoms with Crippen molar-refractivity contribution in [2.24, 2.45) is 5.92 Å². The second-order valence-corrected chi connectivity index (χ2v) is 4.21. The molecule has 0 unspecified atom stereocenters. The molecule has 0 bridgehead atoms. The summed E-state index contributed by atoms with van der Waals surface area (Å²) in [5.74, 6) is -1.31. The first-order valence-electron chi connectivity index (χ1n) is 5.70. The maximum atomic E-state index is 9.38. The maximum Gasteiger partial charge on any atom is 0.244 e. The Bertz CT molecular complexity index is 637. The lowest BCUT2D eigenvalue weighted by Crippen LogP contribution is -2.51. The number of nitrogens with zero attached hydrogens (tertiary/aromatic N) is 5. The summed E-state index contributed by atoms with van der Waals surface area (Å²) in [7, 11) is 0. The summed E-state index contributed by atoms with van der Waals surface area (Å²) in [6.07, 6.45) is 0.699. The molecule has 0 spiro atoms. The Kier molecular flexibility index (Phi) is 3.07. The fourth-order valence-corrected chi connectivity index (χ4v) is 2.35. The van der Waals surface area contributed by atoms with Gasteiger partial charge in [0.1, 0.15) is 12.1 Å². The quantitative estimate of drug-likeness (QED) is 0.788. The standard InChI is InChI=1S/C14H9N5/c15-7-12(8-16)14(9-17,10-18)19-6-5-11-3-1-2-4-13(11)19/h1-4,12H,5-6H2. The van der Waals surface area contributed by atoms with Crippen molar-refractivity contribution in [3.8, 4) is 24.3 Å². The average molecular weight is 247 g/mol. The molecular weight excluding hydrogens is 238 g/mol. The predicted octanol–water partition coefficient (Wildman–Crippen LogP) is 1.50. The van der Waals surface area contributed by atoms with Crippen molar-refractivity contribution in [1.29, 1.82) is 21.0 Å². The monoisotopic (exact) mass is 247 g/mol. The Balaban J connectivity index is 2.57. The first-order valence-corrected chi connectivity index (χ1v) is 5.70. The molecule has 1 aliphatic rings. The highest BCUT2D eigenvalue weighted by Gasteiger charge is 2.48. The zero-order chi connectivity index (χ0) is 13.9. The summed E-state index contributed by atoms with van der Waals surface area (Å²) < 4.78 is 0. The smallest absolute Gasteiger partial charge is 0.244 e. The van der Waals surface area contributed by atoms with Gasteiger partial charge in [-0.05, 0) is 18.1 Å². The summed E-state index contributed by atoms with van der Waals surface area (Å²) in [4.78, 5) is 1.57. The van der Waals surface area contributed by atoms with Gasteiger partial charge in [-0.25, -0.2) is 0 Å². The van der Waals surface area contributed by atoms with Gasteiger partial charge < -0.3 is 4.90 Å². The molecule has 0 amide bonds. The van der Waals surface area contributed by atoms with E-state index in [4.69, 9.17) is 10.5 Å². The van der Waals surface area contributed by atoms with E-state index in [0.29, 0.717) is 13.0 Å². The summed E-state index contributed by atoms with van der Waals surface area (Å²) in [6, 6.07) is 14.7. The molecule has 0 saturated carbocycles. The van der Waals surface area contributed by atoms with E-state index in [1.807, 2.05) is 30.3 Å². The van der Waals surface area contributed by atoms with Gasteiger partial charge in [0, 0.05) is 12.2 Å². The first kappa shape index (κ1) is 12.4. The van der Waals surface area contributed by atoms with Crippen LogP contribution in [0.2, 0.25) is 0 Å². The van der Waals surface area contributed by atoms with E-state index in [1.165, 1.54) is 0 Å². The largest absolute Gasteiger partial charge is 0.339 e. The third-order valence-electron chi connectivity index (χ3n) is 3.33. The van der Waals surface area contributed by atoms with E-state index in [-0.39, 0.29) is 0 Å². The molecule has 0 saturated heterocycles. The predicted molar refractivity (Wildman–Crippen MR) is 66.2 cm³/mol. The highest BCUT2D eigenvalue weighted by molar-refractivity contribution is 5.64. The molecule has 5 heteroatoms.